The van der Waals surface area contributed by atoms with Gasteiger partial charge >= 0.3 is 29.6 Å². The Bertz CT molecular complexity index is 1130. The minimum absolute atomic E-state index is 0. The van der Waals surface area contributed by atoms with Gasteiger partial charge in [0.05, 0.1) is 11.0 Å². The second-order valence-corrected chi connectivity index (χ2v) is 7.45. The second kappa shape index (κ2) is 10.0. The Labute approximate surface area is 205 Å². The van der Waals surface area contributed by atoms with Crippen LogP contribution < -0.4 is 44.3 Å². The Morgan fingerprint density at radius 1 is 1.06 bits per heavy atom. The first-order valence-corrected chi connectivity index (χ1v) is 9.73. The van der Waals surface area contributed by atoms with Crippen molar-refractivity contribution in [3.8, 4) is 5.75 Å². The van der Waals surface area contributed by atoms with Gasteiger partial charge in [0.25, 0.3) is 0 Å². The molecule has 0 spiro atoms. The number of benzene rings is 3. The topological polar surface area (TPSA) is 52.6 Å². The van der Waals surface area contributed by atoms with E-state index in [0.717, 1.165) is 11.3 Å². The molecule has 0 aliphatic carbocycles. The maximum Gasteiger partial charge on any atom is 1.00 e. The minimum atomic E-state index is -1.21. The van der Waals surface area contributed by atoms with Crippen LogP contribution in [0.1, 0.15) is 27.0 Å². The summed E-state index contributed by atoms with van der Waals surface area (Å²) < 4.78 is 33.0. The van der Waals surface area contributed by atoms with Crippen LogP contribution in [0.15, 0.2) is 54.6 Å². The van der Waals surface area contributed by atoms with Crippen LogP contribution in [-0.2, 0) is 19.6 Å². The molecule has 154 valence electrons. The summed E-state index contributed by atoms with van der Waals surface area (Å²) in [6.07, 6.45) is 0.566. The number of nitrogens with zero attached hydrogens (tertiary/aromatic N) is 1. The fourth-order valence-electron chi connectivity index (χ4n) is 3.67. The molecule has 3 aromatic rings. The zero-order valence-electron chi connectivity index (χ0n) is 16.8. The summed E-state index contributed by atoms with van der Waals surface area (Å²) in [4.78, 5) is 13.3. The minimum Gasteiger partial charge on any atom is -0.545 e. The molecule has 1 aliphatic rings. The van der Waals surface area contributed by atoms with Crippen LogP contribution in [0.3, 0.4) is 0 Å². The molecule has 0 bridgehead atoms. The van der Waals surface area contributed by atoms with Gasteiger partial charge in [-0.3, -0.25) is 0 Å². The number of anilines is 1. The maximum absolute atomic E-state index is 13.9. The normalized spacial score (nSPS) is 12.3. The molecule has 0 N–H and O–H groups in total. The summed E-state index contributed by atoms with van der Waals surface area (Å²) in [5.74, 6) is -1.57. The van der Waals surface area contributed by atoms with E-state index in [9.17, 15) is 18.7 Å². The van der Waals surface area contributed by atoms with Crippen LogP contribution >= 0.6 is 11.6 Å². The number of hydrogen-bond donors (Lipinski definition) is 0. The molecule has 8 heteroatoms. The molecule has 0 unspecified atom stereocenters. The molecule has 0 fully saturated rings. The second-order valence-electron chi connectivity index (χ2n) is 7.04. The van der Waals surface area contributed by atoms with Crippen LogP contribution in [0.25, 0.3) is 0 Å². The SMILES string of the molecule is O=C([O-])c1cccc2c1CCN2Cc1cc(F)ccc1OCc1ccc(F)cc1Cl.[Na+]. The third-order valence-electron chi connectivity index (χ3n) is 5.13. The zero-order valence-corrected chi connectivity index (χ0v) is 19.6. The van der Waals surface area contributed by atoms with Crippen molar-refractivity contribution in [3.05, 3.63) is 93.5 Å². The molecule has 0 saturated carbocycles. The van der Waals surface area contributed by atoms with Gasteiger partial charge in [0, 0.05) is 35.5 Å². The van der Waals surface area contributed by atoms with Crippen LogP contribution in [0.4, 0.5) is 14.5 Å². The van der Waals surface area contributed by atoms with E-state index in [1.807, 2.05) is 11.0 Å². The first-order chi connectivity index (χ1) is 14.4. The summed E-state index contributed by atoms with van der Waals surface area (Å²) in [6, 6.07) is 13.3. The molecule has 4 nitrogen and oxygen atoms in total. The molecule has 1 heterocycles. The average Bonchev–Trinajstić information content (AvgIpc) is 3.11. The van der Waals surface area contributed by atoms with E-state index >= 15 is 0 Å². The molecule has 0 radical (unpaired) electrons. The molecular formula is C23H17ClF2NNaO3. The van der Waals surface area contributed by atoms with E-state index in [2.05, 4.69) is 0 Å². The number of rotatable bonds is 6. The Kier molecular flexibility index (Phi) is 7.59. The largest absolute Gasteiger partial charge is 1.00 e. The number of halogens is 3. The van der Waals surface area contributed by atoms with Crippen molar-refractivity contribution < 1.29 is 53.0 Å². The van der Waals surface area contributed by atoms with Gasteiger partial charge in [-0.05, 0) is 48.4 Å². The fourth-order valence-corrected chi connectivity index (χ4v) is 3.89. The number of carbonyl (C=O) groups is 1. The first kappa shape index (κ1) is 23.5. The van der Waals surface area contributed by atoms with Gasteiger partial charge in [-0.2, -0.15) is 0 Å². The van der Waals surface area contributed by atoms with Crippen molar-refractivity contribution in [1.29, 1.82) is 0 Å². The number of carbonyl (C=O) groups excluding carboxylic acids is 1. The first-order valence-electron chi connectivity index (χ1n) is 9.35. The molecule has 1 aliphatic heterocycles. The van der Waals surface area contributed by atoms with Crippen molar-refractivity contribution in [2.75, 3.05) is 11.4 Å². The number of fused-ring (bicyclic) bond motifs is 1. The van der Waals surface area contributed by atoms with E-state index < -0.39 is 17.6 Å². The van der Waals surface area contributed by atoms with Crippen LogP contribution in [0.2, 0.25) is 5.02 Å². The summed E-state index contributed by atoms with van der Waals surface area (Å²) in [5, 5.41) is 11.6. The Morgan fingerprint density at radius 3 is 2.55 bits per heavy atom. The molecule has 31 heavy (non-hydrogen) atoms. The number of aromatic carboxylic acids is 1. The van der Waals surface area contributed by atoms with E-state index in [-0.39, 0.29) is 46.8 Å². The summed E-state index contributed by atoms with van der Waals surface area (Å²) in [7, 11) is 0. The van der Waals surface area contributed by atoms with Crippen molar-refractivity contribution in [3.63, 3.8) is 0 Å². The average molecular weight is 452 g/mol. The third-order valence-corrected chi connectivity index (χ3v) is 5.48. The molecule has 0 aromatic heterocycles. The zero-order chi connectivity index (χ0) is 21.3. The number of hydrogen-bond acceptors (Lipinski definition) is 4. The monoisotopic (exact) mass is 451 g/mol. The van der Waals surface area contributed by atoms with Crippen LogP contribution in [0, 0.1) is 11.6 Å². The van der Waals surface area contributed by atoms with E-state index in [1.54, 1.807) is 12.1 Å². The van der Waals surface area contributed by atoms with Gasteiger partial charge in [-0.15, -0.1) is 0 Å². The predicted molar refractivity (Wildman–Crippen MR) is 108 cm³/mol. The number of ether oxygens (including phenoxy) is 1. The number of carboxylic acid groups (broad SMARTS) is 1. The van der Waals surface area contributed by atoms with Crippen molar-refractivity contribution in [2.45, 2.75) is 19.6 Å². The van der Waals surface area contributed by atoms with Gasteiger partial charge in [0.15, 0.2) is 0 Å². The summed E-state index contributed by atoms with van der Waals surface area (Å²) >= 11 is 6.05. The molecule has 3 aromatic carbocycles. The molecule has 0 saturated heterocycles. The quantitative estimate of drug-likeness (QED) is 0.527. The molecule has 0 amide bonds. The van der Waals surface area contributed by atoms with Crippen molar-refractivity contribution >= 4 is 23.3 Å². The van der Waals surface area contributed by atoms with Gasteiger partial charge in [-0.1, -0.05) is 29.8 Å². The maximum atomic E-state index is 13.9. The van der Waals surface area contributed by atoms with Crippen LogP contribution in [0.5, 0.6) is 5.75 Å². The Hall–Kier alpha value is -2.12. The molecular weight excluding hydrogens is 435 g/mol. The van der Waals surface area contributed by atoms with Gasteiger partial charge in [-0.25, -0.2) is 8.78 Å². The Morgan fingerprint density at radius 2 is 1.81 bits per heavy atom. The third kappa shape index (κ3) is 5.21. The molecule has 4 rings (SSSR count). The number of carboxylic acids is 1. The van der Waals surface area contributed by atoms with Crippen molar-refractivity contribution in [1.82, 2.24) is 0 Å². The predicted octanol–water partition coefficient (Wildman–Crippen LogP) is 1.13. The van der Waals surface area contributed by atoms with E-state index in [1.165, 1.54) is 36.4 Å². The smallest absolute Gasteiger partial charge is 0.545 e. The van der Waals surface area contributed by atoms with Gasteiger partial charge < -0.3 is 19.5 Å². The summed E-state index contributed by atoms with van der Waals surface area (Å²) in [5.41, 5.74) is 2.90. The van der Waals surface area contributed by atoms with Gasteiger partial charge in [0.2, 0.25) is 0 Å². The molecule has 0 atom stereocenters. The van der Waals surface area contributed by atoms with Crippen LogP contribution in [-0.4, -0.2) is 12.5 Å². The van der Waals surface area contributed by atoms with E-state index in [0.29, 0.717) is 36.4 Å². The van der Waals surface area contributed by atoms with Gasteiger partial charge in [0.1, 0.15) is 24.0 Å². The fraction of sp³-hybridized carbons (Fsp3) is 0.174. The van der Waals surface area contributed by atoms with Crippen molar-refractivity contribution in [2.24, 2.45) is 0 Å². The van der Waals surface area contributed by atoms with E-state index in [4.69, 9.17) is 16.3 Å². The summed E-state index contributed by atoms with van der Waals surface area (Å²) in [6.45, 7) is 1.04. The Balaban J connectivity index is 0.00000272. The standard InChI is InChI=1S/C23H18ClF2NO3.Na/c24-20-11-17(26)5-4-14(20)13-30-22-7-6-16(25)10-15(22)12-27-9-8-18-19(23(28)29)2-1-3-21(18)27;/h1-7,10-11H,8-9,12-13H2,(H,28,29);/q;+1/p-1.